The standard InChI is InChI=1S/C13H16Cl2N2/c1-13(2,3)17-11-8-9(15)4-5-10(11)16-12(17)6-7-14/h4-5,8H,6-7H2,1-3H3. The van der Waals surface area contributed by atoms with Crippen LogP contribution in [-0.2, 0) is 12.0 Å². The van der Waals surface area contributed by atoms with Gasteiger partial charge in [0, 0.05) is 22.9 Å². The third-order valence-corrected chi connectivity index (χ3v) is 3.10. The number of hydrogen-bond acceptors (Lipinski definition) is 1. The van der Waals surface area contributed by atoms with Crippen LogP contribution in [0, 0.1) is 0 Å². The van der Waals surface area contributed by atoms with Gasteiger partial charge in [-0.15, -0.1) is 11.6 Å². The number of fused-ring (bicyclic) bond motifs is 1. The molecule has 0 aliphatic heterocycles. The van der Waals surface area contributed by atoms with Gasteiger partial charge in [-0.3, -0.25) is 0 Å². The van der Waals surface area contributed by atoms with Crippen LogP contribution in [0.15, 0.2) is 18.2 Å². The highest BCUT2D eigenvalue weighted by atomic mass is 35.5. The molecule has 0 bridgehead atoms. The molecule has 0 aliphatic carbocycles. The molecule has 4 heteroatoms. The topological polar surface area (TPSA) is 17.8 Å². The molecule has 17 heavy (non-hydrogen) atoms. The zero-order chi connectivity index (χ0) is 12.6. The first kappa shape index (κ1) is 12.7. The van der Waals surface area contributed by atoms with E-state index in [4.69, 9.17) is 23.2 Å². The SMILES string of the molecule is CC(C)(C)n1c(CCCl)nc2ccc(Cl)cc21. The van der Waals surface area contributed by atoms with Gasteiger partial charge in [0.05, 0.1) is 11.0 Å². The van der Waals surface area contributed by atoms with E-state index in [0.717, 1.165) is 28.3 Å². The molecule has 0 saturated heterocycles. The quantitative estimate of drug-likeness (QED) is 0.747. The van der Waals surface area contributed by atoms with Crippen LogP contribution in [0.5, 0.6) is 0 Å². The van der Waals surface area contributed by atoms with Crippen molar-refractivity contribution in [3.05, 3.63) is 29.0 Å². The fourth-order valence-corrected chi connectivity index (χ4v) is 2.43. The largest absolute Gasteiger partial charge is 0.323 e. The molecule has 0 saturated carbocycles. The highest BCUT2D eigenvalue weighted by Crippen LogP contribution is 2.27. The first-order valence-corrected chi connectivity index (χ1v) is 6.58. The summed E-state index contributed by atoms with van der Waals surface area (Å²) in [5, 5.41) is 0.736. The molecular formula is C13H16Cl2N2. The fourth-order valence-electron chi connectivity index (χ4n) is 2.10. The fraction of sp³-hybridized carbons (Fsp3) is 0.462. The number of aromatic nitrogens is 2. The van der Waals surface area contributed by atoms with Crippen molar-refractivity contribution in [3.8, 4) is 0 Å². The Morgan fingerprint density at radius 3 is 2.59 bits per heavy atom. The normalized spacial score (nSPS) is 12.3. The number of imidazole rings is 1. The van der Waals surface area contributed by atoms with Crippen LogP contribution in [0.25, 0.3) is 11.0 Å². The van der Waals surface area contributed by atoms with Crippen LogP contribution in [0.3, 0.4) is 0 Å². The van der Waals surface area contributed by atoms with E-state index in [0.29, 0.717) is 5.88 Å². The van der Waals surface area contributed by atoms with Gasteiger partial charge in [0.2, 0.25) is 0 Å². The zero-order valence-corrected chi connectivity index (χ0v) is 11.8. The molecule has 0 spiro atoms. The Labute approximate surface area is 112 Å². The van der Waals surface area contributed by atoms with Crippen LogP contribution in [0.4, 0.5) is 0 Å². The van der Waals surface area contributed by atoms with E-state index >= 15 is 0 Å². The summed E-state index contributed by atoms with van der Waals surface area (Å²) in [6.07, 6.45) is 0.769. The molecule has 2 rings (SSSR count). The number of aryl methyl sites for hydroxylation is 1. The van der Waals surface area contributed by atoms with Crippen LogP contribution in [-0.4, -0.2) is 15.4 Å². The van der Waals surface area contributed by atoms with Crippen molar-refractivity contribution in [2.45, 2.75) is 32.7 Å². The molecule has 1 aromatic carbocycles. The van der Waals surface area contributed by atoms with E-state index in [1.165, 1.54) is 0 Å². The number of rotatable bonds is 2. The Bertz CT molecular complexity index is 538. The van der Waals surface area contributed by atoms with Gasteiger partial charge in [0.1, 0.15) is 5.82 Å². The maximum atomic E-state index is 6.06. The molecule has 2 aromatic rings. The summed E-state index contributed by atoms with van der Waals surface area (Å²) in [7, 11) is 0. The first-order chi connectivity index (χ1) is 7.93. The smallest absolute Gasteiger partial charge is 0.111 e. The van der Waals surface area contributed by atoms with Crippen LogP contribution in [0.2, 0.25) is 5.02 Å². The van der Waals surface area contributed by atoms with Gasteiger partial charge >= 0.3 is 0 Å². The number of hydrogen-bond donors (Lipinski definition) is 0. The van der Waals surface area contributed by atoms with Gasteiger partial charge in [0.15, 0.2) is 0 Å². The van der Waals surface area contributed by atoms with E-state index in [1.807, 2.05) is 18.2 Å². The molecular weight excluding hydrogens is 255 g/mol. The molecule has 0 aliphatic rings. The summed E-state index contributed by atoms with van der Waals surface area (Å²) in [6, 6.07) is 5.79. The molecule has 0 fully saturated rings. The molecule has 0 radical (unpaired) electrons. The number of nitrogens with zero attached hydrogens (tertiary/aromatic N) is 2. The minimum atomic E-state index is -0.0270. The van der Waals surface area contributed by atoms with Gasteiger partial charge in [-0.1, -0.05) is 11.6 Å². The molecule has 0 atom stereocenters. The average molecular weight is 271 g/mol. The van der Waals surface area contributed by atoms with Gasteiger partial charge in [-0.05, 0) is 39.0 Å². The number of alkyl halides is 1. The highest BCUT2D eigenvalue weighted by molar-refractivity contribution is 6.31. The molecule has 1 aromatic heterocycles. The summed E-state index contributed by atoms with van der Waals surface area (Å²) < 4.78 is 2.22. The maximum absolute atomic E-state index is 6.06. The lowest BCUT2D eigenvalue weighted by Crippen LogP contribution is -2.24. The molecule has 0 N–H and O–H groups in total. The summed E-state index contributed by atoms with van der Waals surface area (Å²) in [5.41, 5.74) is 2.02. The maximum Gasteiger partial charge on any atom is 0.111 e. The molecule has 1 heterocycles. The third kappa shape index (κ3) is 2.43. The van der Waals surface area contributed by atoms with Crippen molar-refractivity contribution < 1.29 is 0 Å². The minimum absolute atomic E-state index is 0.0270. The predicted octanol–water partition coefficient (Wildman–Crippen LogP) is 4.23. The monoisotopic (exact) mass is 270 g/mol. The Morgan fingerprint density at radius 2 is 2.00 bits per heavy atom. The Balaban J connectivity index is 2.73. The Hall–Kier alpha value is -0.730. The lowest BCUT2D eigenvalue weighted by Gasteiger charge is -2.24. The van der Waals surface area contributed by atoms with E-state index in [1.54, 1.807) is 0 Å². The second-order valence-electron chi connectivity index (χ2n) is 5.11. The first-order valence-electron chi connectivity index (χ1n) is 5.67. The number of halogens is 2. The van der Waals surface area contributed by atoms with Crippen molar-refractivity contribution in [2.24, 2.45) is 0 Å². The van der Waals surface area contributed by atoms with Gasteiger partial charge < -0.3 is 4.57 Å². The molecule has 92 valence electrons. The van der Waals surface area contributed by atoms with Gasteiger partial charge in [-0.25, -0.2) is 4.98 Å². The van der Waals surface area contributed by atoms with Crippen molar-refractivity contribution in [3.63, 3.8) is 0 Å². The van der Waals surface area contributed by atoms with Gasteiger partial charge in [0.25, 0.3) is 0 Å². The predicted molar refractivity (Wildman–Crippen MR) is 74.2 cm³/mol. The van der Waals surface area contributed by atoms with Crippen molar-refractivity contribution in [1.82, 2.24) is 9.55 Å². The Kier molecular flexibility index (Phi) is 3.37. The summed E-state index contributed by atoms with van der Waals surface area (Å²) in [5.74, 6) is 1.59. The summed E-state index contributed by atoms with van der Waals surface area (Å²) in [4.78, 5) is 4.63. The van der Waals surface area contributed by atoms with Crippen LogP contribution in [0.1, 0.15) is 26.6 Å². The summed E-state index contributed by atoms with van der Waals surface area (Å²) in [6.45, 7) is 6.48. The average Bonchev–Trinajstić information content (AvgIpc) is 2.54. The third-order valence-electron chi connectivity index (χ3n) is 2.67. The molecule has 0 amide bonds. The van der Waals surface area contributed by atoms with Crippen molar-refractivity contribution in [1.29, 1.82) is 0 Å². The van der Waals surface area contributed by atoms with Crippen molar-refractivity contribution in [2.75, 3.05) is 5.88 Å². The van der Waals surface area contributed by atoms with Crippen molar-refractivity contribution >= 4 is 34.2 Å². The zero-order valence-electron chi connectivity index (χ0n) is 10.3. The highest BCUT2D eigenvalue weighted by Gasteiger charge is 2.21. The Morgan fingerprint density at radius 1 is 1.29 bits per heavy atom. The molecule has 0 unspecified atom stereocenters. The van der Waals surface area contributed by atoms with E-state index in [-0.39, 0.29) is 5.54 Å². The summed E-state index contributed by atoms with van der Waals surface area (Å²) >= 11 is 11.9. The van der Waals surface area contributed by atoms with Crippen LogP contribution < -0.4 is 0 Å². The minimum Gasteiger partial charge on any atom is -0.323 e. The van der Waals surface area contributed by atoms with Gasteiger partial charge in [-0.2, -0.15) is 0 Å². The number of benzene rings is 1. The lowest BCUT2D eigenvalue weighted by atomic mass is 10.1. The second-order valence-corrected chi connectivity index (χ2v) is 5.92. The van der Waals surface area contributed by atoms with Crippen LogP contribution >= 0.6 is 23.2 Å². The second kappa shape index (κ2) is 4.51. The van der Waals surface area contributed by atoms with E-state index < -0.39 is 0 Å². The molecule has 2 nitrogen and oxygen atoms in total. The van der Waals surface area contributed by atoms with E-state index in [2.05, 4.69) is 30.3 Å². The lowest BCUT2D eigenvalue weighted by molar-refractivity contribution is 0.395. The van der Waals surface area contributed by atoms with E-state index in [9.17, 15) is 0 Å².